The summed E-state index contributed by atoms with van der Waals surface area (Å²) in [6, 6.07) is 17.1. The lowest BCUT2D eigenvalue weighted by Crippen LogP contribution is -2.26. The lowest BCUT2D eigenvalue weighted by molar-refractivity contribution is 0.198. The van der Waals surface area contributed by atoms with Gasteiger partial charge in [0.05, 0.1) is 6.67 Å². The van der Waals surface area contributed by atoms with Gasteiger partial charge in [0.15, 0.2) is 0 Å². The summed E-state index contributed by atoms with van der Waals surface area (Å²) in [6.45, 7) is 2.49. The molecule has 0 radical (unpaired) electrons. The van der Waals surface area contributed by atoms with Crippen LogP contribution in [0.4, 0.5) is 4.39 Å². The van der Waals surface area contributed by atoms with E-state index in [1.165, 1.54) is 26.7 Å². The number of allylic oxidation sites excluding steroid dienone is 1. The summed E-state index contributed by atoms with van der Waals surface area (Å²) >= 11 is 3.79. The Balaban J connectivity index is 1.45. The second kappa shape index (κ2) is 8.57. The molecule has 4 heteroatoms. The highest BCUT2D eigenvalue weighted by molar-refractivity contribution is 9.11. The van der Waals surface area contributed by atoms with Crippen LogP contribution in [-0.4, -0.2) is 37.3 Å². The number of fused-ring (bicyclic) bond motifs is 1. The molecular formula is C23H25BrFNO. The smallest absolute Gasteiger partial charge is 0.119 e. The molecule has 1 fully saturated rings. The molecule has 2 aromatic carbocycles. The molecule has 0 unspecified atom stereocenters. The maximum atomic E-state index is 12.3. The Morgan fingerprint density at radius 3 is 2.70 bits per heavy atom. The third-order valence-corrected chi connectivity index (χ3v) is 6.25. The number of nitrogens with zero attached hydrogens (tertiary/aromatic N) is 1. The highest BCUT2D eigenvalue weighted by atomic mass is 79.9. The number of alkyl halides is 1. The minimum atomic E-state index is -0.238. The maximum Gasteiger partial charge on any atom is 0.119 e. The number of ether oxygens (including phenoxy) is 1. The number of hydrogen-bond donors (Lipinski definition) is 0. The molecule has 2 nitrogen and oxygen atoms in total. The van der Waals surface area contributed by atoms with Gasteiger partial charge in [0.2, 0.25) is 0 Å². The molecule has 2 aromatic rings. The topological polar surface area (TPSA) is 12.5 Å². The van der Waals surface area contributed by atoms with Crippen molar-refractivity contribution in [3.8, 4) is 5.75 Å². The molecule has 1 aliphatic heterocycles. The molecule has 4 rings (SSSR count). The van der Waals surface area contributed by atoms with E-state index < -0.39 is 0 Å². The third kappa shape index (κ3) is 4.27. The van der Waals surface area contributed by atoms with Crippen molar-refractivity contribution in [2.75, 3.05) is 26.3 Å². The molecule has 1 saturated heterocycles. The molecule has 0 saturated carbocycles. The zero-order valence-electron chi connectivity index (χ0n) is 15.5. The largest absolute Gasteiger partial charge is 0.489 e. The third-order valence-electron chi connectivity index (χ3n) is 5.45. The number of aryl methyl sites for hydroxylation is 1. The van der Waals surface area contributed by atoms with Gasteiger partial charge in [-0.15, -0.1) is 0 Å². The average molecular weight is 430 g/mol. The molecule has 0 aromatic heterocycles. The Labute approximate surface area is 169 Å². The number of halogens is 2. The van der Waals surface area contributed by atoms with Crippen LogP contribution in [0.2, 0.25) is 0 Å². The van der Waals surface area contributed by atoms with Crippen LogP contribution in [0, 0.1) is 0 Å². The summed E-state index contributed by atoms with van der Waals surface area (Å²) in [5.74, 6) is 0.914. The van der Waals surface area contributed by atoms with Crippen molar-refractivity contribution in [1.29, 1.82) is 0 Å². The first-order valence-electron chi connectivity index (χ1n) is 9.77. The maximum absolute atomic E-state index is 12.3. The van der Waals surface area contributed by atoms with Gasteiger partial charge in [0.25, 0.3) is 0 Å². The normalized spacial score (nSPS) is 20.0. The predicted octanol–water partition coefficient (Wildman–Crippen LogP) is 5.60. The number of rotatable bonds is 6. The van der Waals surface area contributed by atoms with Crippen molar-refractivity contribution in [2.45, 2.75) is 31.8 Å². The zero-order valence-corrected chi connectivity index (χ0v) is 17.1. The van der Waals surface area contributed by atoms with E-state index in [0.717, 1.165) is 44.6 Å². The first-order valence-corrected chi connectivity index (χ1v) is 10.6. The Hall–Kier alpha value is -1.65. The van der Waals surface area contributed by atoms with E-state index in [4.69, 9.17) is 4.74 Å². The molecule has 27 heavy (non-hydrogen) atoms. The quantitative estimate of drug-likeness (QED) is 0.592. The second-order valence-electron chi connectivity index (χ2n) is 7.33. The monoisotopic (exact) mass is 429 g/mol. The van der Waals surface area contributed by atoms with E-state index in [9.17, 15) is 4.39 Å². The van der Waals surface area contributed by atoms with Crippen LogP contribution in [0.5, 0.6) is 5.75 Å². The molecule has 2 aliphatic rings. The van der Waals surface area contributed by atoms with Crippen molar-refractivity contribution < 1.29 is 9.13 Å². The van der Waals surface area contributed by atoms with E-state index in [0.29, 0.717) is 6.42 Å². The summed E-state index contributed by atoms with van der Waals surface area (Å²) in [5, 5.41) is 0. The van der Waals surface area contributed by atoms with Crippen molar-refractivity contribution in [3.63, 3.8) is 0 Å². The van der Waals surface area contributed by atoms with E-state index >= 15 is 0 Å². The van der Waals surface area contributed by atoms with E-state index in [1.807, 2.05) is 0 Å². The fourth-order valence-corrected chi connectivity index (χ4v) is 4.72. The van der Waals surface area contributed by atoms with Crippen LogP contribution in [0.3, 0.4) is 0 Å². The number of benzene rings is 2. The van der Waals surface area contributed by atoms with Gasteiger partial charge >= 0.3 is 0 Å². The van der Waals surface area contributed by atoms with Crippen molar-refractivity contribution >= 4 is 21.5 Å². The van der Waals surface area contributed by atoms with E-state index in [2.05, 4.69) is 69.4 Å². The summed E-state index contributed by atoms with van der Waals surface area (Å²) in [7, 11) is 0. The number of hydrogen-bond acceptors (Lipinski definition) is 2. The van der Waals surface area contributed by atoms with Crippen LogP contribution in [0.25, 0.3) is 5.57 Å². The van der Waals surface area contributed by atoms with Crippen LogP contribution in [-0.2, 0) is 6.42 Å². The van der Waals surface area contributed by atoms with Crippen molar-refractivity contribution in [1.82, 2.24) is 4.90 Å². The van der Waals surface area contributed by atoms with Crippen LogP contribution in [0.1, 0.15) is 36.0 Å². The minimum absolute atomic E-state index is 0.205. The van der Waals surface area contributed by atoms with Crippen LogP contribution in [0.15, 0.2) is 53.0 Å². The standard InChI is InChI=1S/C23H25BrFNO/c24-22-11-8-17-4-1-2-5-21(17)23(22)18-6-9-19(10-7-18)27-20-12-15-26(16-20)14-3-13-25/h1-2,4-7,9-10,20H,3,8,11-16H2/t20-/m0/s1. The fraction of sp³-hybridized carbons (Fsp3) is 0.391. The Bertz CT molecular complexity index is 817. The molecule has 0 amide bonds. The second-order valence-corrected chi connectivity index (χ2v) is 8.29. The highest BCUT2D eigenvalue weighted by Gasteiger charge is 2.24. The SMILES string of the molecule is FCCCN1CC[C@H](Oc2ccc(C3=C(Br)CCc4ccccc43)cc2)C1. The molecule has 0 spiro atoms. The lowest BCUT2D eigenvalue weighted by Gasteiger charge is -2.21. The van der Waals surface area contributed by atoms with Crippen molar-refractivity contribution in [3.05, 3.63) is 69.7 Å². The number of likely N-dealkylation sites (tertiary alicyclic amines) is 1. The van der Waals surface area contributed by atoms with Gasteiger partial charge in [-0.25, -0.2) is 0 Å². The van der Waals surface area contributed by atoms with Gasteiger partial charge in [0.1, 0.15) is 11.9 Å². The summed E-state index contributed by atoms with van der Waals surface area (Å²) in [6.07, 6.45) is 3.96. The van der Waals surface area contributed by atoms with Gasteiger partial charge in [-0.2, -0.15) is 0 Å². The Morgan fingerprint density at radius 1 is 1.07 bits per heavy atom. The average Bonchev–Trinajstić information content (AvgIpc) is 3.14. The molecule has 1 atom stereocenters. The zero-order chi connectivity index (χ0) is 18.6. The van der Waals surface area contributed by atoms with Gasteiger partial charge in [0, 0.05) is 24.1 Å². The van der Waals surface area contributed by atoms with Crippen LogP contribution < -0.4 is 4.74 Å². The first-order chi connectivity index (χ1) is 13.2. The van der Waals surface area contributed by atoms with Gasteiger partial charge < -0.3 is 4.74 Å². The summed E-state index contributed by atoms with van der Waals surface area (Å²) < 4.78 is 19.8. The molecule has 1 aliphatic carbocycles. The Kier molecular flexibility index (Phi) is 5.94. The summed E-state index contributed by atoms with van der Waals surface area (Å²) in [5.41, 5.74) is 5.25. The molecular weight excluding hydrogens is 405 g/mol. The first kappa shape index (κ1) is 18.7. The summed E-state index contributed by atoms with van der Waals surface area (Å²) in [4.78, 5) is 2.29. The molecule has 1 heterocycles. The van der Waals surface area contributed by atoms with Gasteiger partial charge in [-0.05, 0) is 60.1 Å². The van der Waals surface area contributed by atoms with Crippen molar-refractivity contribution in [2.24, 2.45) is 0 Å². The van der Waals surface area contributed by atoms with Gasteiger partial charge in [-0.3, -0.25) is 9.29 Å². The molecule has 0 bridgehead atoms. The van der Waals surface area contributed by atoms with Gasteiger partial charge in [-0.1, -0.05) is 52.3 Å². The molecule has 142 valence electrons. The molecule has 0 N–H and O–H groups in total. The lowest BCUT2D eigenvalue weighted by atomic mass is 9.87. The minimum Gasteiger partial charge on any atom is -0.489 e. The van der Waals surface area contributed by atoms with Crippen LogP contribution >= 0.6 is 15.9 Å². The van der Waals surface area contributed by atoms with E-state index in [1.54, 1.807) is 0 Å². The Morgan fingerprint density at radius 2 is 1.89 bits per heavy atom. The predicted molar refractivity (Wildman–Crippen MR) is 112 cm³/mol. The highest BCUT2D eigenvalue weighted by Crippen LogP contribution is 2.39. The van der Waals surface area contributed by atoms with E-state index in [-0.39, 0.29) is 12.8 Å². The fourth-order valence-electron chi connectivity index (χ4n) is 4.08.